The lowest BCUT2D eigenvalue weighted by Crippen LogP contribution is -2.39. The summed E-state index contributed by atoms with van der Waals surface area (Å²) in [6.07, 6.45) is -1.01. The van der Waals surface area contributed by atoms with E-state index in [1.165, 1.54) is 26.1 Å². The van der Waals surface area contributed by atoms with Gasteiger partial charge < -0.3 is 10.1 Å². The Labute approximate surface area is 140 Å². The van der Waals surface area contributed by atoms with Gasteiger partial charge in [0.05, 0.1) is 10.6 Å². The molecule has 0 bridgehead atoms. The van der Waals surface area contributed by atoms with E-state index in [-0.39, 0.29) is 21.5 Å². The van der Waals surface area contributed by atoms with Crippen LogP contribution in [0.3, 0.4) is 0 Å². The maximum atomic E-state index is 12.1. The number of benzene rings is 1. The van der Waals surface area contributed by atoms with Gasteiger partial charge in [0.15, 0.2) is 6.10 Å². The molecule has 0 saturated heterocycles. The van der Waals surface area contributed by atoms with E-state index >= 15 is 0 Å². The molecule has 0 aliphatic heterocycles. The molecule has 2 N–H and O–H groups in total. The molecule has 0 saturated carbocycles. The standard InChI is InChI=1S/C14H19ClN2O5S/c1-8(2)17-13(18)9(3)22-14(19)10-5-6-11(15)12(7-10)23(20,21)16-4/h5-9,16H,1-4H3,(H,17,18)/t9-/m0/s1. The Morgan fingerprint density at radius 1 is 1.22 bits per heavy atom. The summed E-state index contributed by atoms with van der Waals surface area (Å²) in [5.41, 5.74) is -0.0209. The number of rotatable bonds is 6. The lowest BCUT2D eigenvalue weighted by atomic mass is 10.2. The quantitative estimate of drug-likeness (QED) is 0.743. The van der Waals surface area contributed by atoms with Gasteiger partial charge in [-0.15, -0.1) is 0 Å². The lowest BCUT2D eigenvalue weighted by Gasteiger charge is -2.15. The molecule has 0 aromatic heterocycles. The highest BCUT2D eigenvalue weighted by atomic mass is 35.5. The number of esters is 1. The zero-order valence-corrected chi connectivity index (χ0v) is 14.8. The molecule has 1 aromatic carbocycles. The number of carbonyl (C=O) groups is 2. The van der Waals surface area contributed by atoms with E-state index in [4.69, 9.17) is 16.3 Å². The molecule has 0 spiro atoms. The predicted molar refractivity (Wildman–Crippen MR) is 85.9 cm³/mol. The van der Waals surface area contributed by atoms with Crippen LogP contribution in [-0.4, -0.2) is 39.5 Å². The Kier molecular flexibility index (Phi) is 6.55. The van der Waals surface area contributed by atoms with Gasteiger partial charge in [-0.1, -0.05) is 11.6 Å². The van der Waals surface area contributed by atoms with Gasteiger partial charge in [-0.2, -0.15) is 0 Å². The summed E-state index contributed by atoms with van der Waals surface area (Å²) in [7, 11) is -2.58. The van der Waals surface area contributed by atoms with Crippen LogP contribution in [0.25, 0.3) is 0 Å². The van der Waals surface area contributed by atoms with Crippen LogP contribution in [0.1, 0.15) is 31.1 Å². The summed E-state index contributed by atoms with van der Waals surface area (Å²) >= 11 is 5.84. The third kappa shape index (κ3) is 5.19. The maximum absolute atomic E-state index is 12.1. The third-order valence-corrected chi connectivity index (χ3v) is 4.71. The molecule has 0 unspecified atom stereocenters. The second-order valence-corrected chi connectivity index (χ2v) is 7.33. The van der Waals surface area contributed by atoms with Crippen molar-refractivity contribution in [1.82, 2.24) is 10.0 Å². The van der Waals surface area contributed by atoms with E-state index in [1.807, 2.05) is 0 Å². The largest absolute Gasteiger partial charge is 0.449 e. The third-order valence-electron chi connectivity index (χ3n) is 2.81. The molecule has 1 aromatic rings. The number of halogens is 1. The van der Waals surface area contributed by atoms with E-state index in [0.717, 1.165) is 6.07 Å². The van der Waals surface area contributed by atoms with E-state index < -0.39 is 28.0 Å². The monoisotopic (exact) mass is 362 g/mol. The smallest absolute Gasteiger partial charge is 0.338 e. The average Bonchev–Trinajstić information content (AvgIpc) is 2.46. The first-order valence-corrected chi connectivity index (χ1v) is 8.69. The summed E-state index contributed by atoms with van der Waals surface area (Å²) in [5, 5.41) is 2.58. The summed E-state index contributed by atoms with van der Waals surface area (Å²) in [4.78, 5) is 23.6. The first-order chi connectivity index (χ1) is 10.6. The zero-order chi connectivity index (χ0) is 17.8. The highest BCUT2D eigenvalue weighted by Gasteiger charge is 2.22. The van der Waals surface area contributed by atoms with Crippen molar-refractivity contribution < 1.29 is 22.7 Å². The molecule has 9 heteroatoms. The fourth-order valence-corrected chi connectivity index (χ4v) is 2.88. The van der Waals surface area contributed by atoms with Crippen LogP contribution in [-0.2, 0) is 19.6 Å². The summed E-state index contributed by atoms with van der Waals surface area (Å²) < 4.78 is 30.8. The zero-order valence-electron chi connectivity index (χ0n) is 13.2. The van der Waals surface area contributed by atoms with Gasteiger partial charge in [0.1, 0.15) is 4.90 Å². The molecule has 1 atom stereocenters. The SMILES string of the molecule is CNS(=O)(=O)c1cc(C(=O)O[C@@H](C)C(=O)NC(C)C)ccc1Cl. The molecule has 0 aliphatic rings. The van der Waals surface area contributed by atoms with Crippen molar-refractivity contribution >= 4 is 33.5 Å². The Balaban J connectivity index is 2.98. The van der Waals surface area contributed by atoms with E-state index in [2.05, 4.69) is 10.0 Å². The fourth-order valence-electron chi connectivity index (χ4n) is 1.63. The van der Waals surface area contributed by atoms with Gasteiger partial charge in [-0.3, -0.25) is 4.79 Å². The fraction of sp³-hybridized carbons (Fsp3) is 0.429. The molecule has 0 radical (unpaired) electrons. The van der Waals surface area contributed by atoms with Crippen LogP contribution in [0.4, 0.5) is 0 Å². The van der Waals surface area contributed by atoms with Crippen LogP contribution in [0.15, 0.2) is 23.1 Å². The maximum Gasteiger partial charge on any atom is 0.338 e. The summed E-state index contributed by atoms with van der Waals surface area (Å²) in [6, 6.07) is 3.61. The van der Waals surface area contributed by atoms with Crippen LogP contribution in [0, 0.1) is 0 Å². The minimum absolute atomic E-state index is 0.0209. The number of amides is 1. The number of sulfonamides is 1. The lowest BCUT2D eigenvalue weighted by molar-refractivity contribution is -0.129. The average molecular weight is 363 g/mol. The summed E-state index contributed by atoms with van der Waals surface area (Å²) in [5.74, 6) is -1.26. The van der Waals surface area contributed by atoms with Crippen molar-refractivity contribution in [1.29, 1.82) is 0 Å². The van der Waals surface area contributed by atoms with Gasteiger partial charge in [0.2, 0.25) is 10.0 Å². The topological polar surface area (TPSA) is 102 Å². The van der Waals surface area contributed by atoms with Crippen LogP contribution < -0.4 is 10.0 Å². The van der Waals surface area contributed by atoms with Crippen LogP contribution in [0.2, 0.25) is 5.02 Å². The first-order valence-electron chi connectivity index (χ1n) is 6.83. The van der Waals surface area contributed by atoms with Gasteiger partial charge in [0, 0.05) is 6.04 Å². The minimum Gasteiger partial charge on any atom is -0.449 e. The highest BCUT2D eigenvalue weighted by molar-refractivity contribution is 7.89. The van der Waals surface area contributed by atoms with Gasteiger partial charge in [-0.25, -0.2) is 17.9 Å². The Morgan fingerprint density at radius 3 is 2.35 bits per heavy atom. The van der Waals surface area contributed by atoms with E-state index in [1.54, 1.807) is 13.8 Å². The number of ether oxygens (including phenoxy) is 1. The highest BCUT2D eigenvalue weighted by Crippen LogP contribution is 2.23. The molecule has 0 fully saturated rings. The molecule has 7 nitrogen and oxygen atoms in total. The van der Waals surface area contributed by atoms with Gasteiger partial charge in [0.25, 0.3) is 5.91 Å². The Hall–Kier alpha value is -1.64. The molecular formula is C14H19ClN2O5S. The van der Waals surface area contributed by atoms with Crippen molar-refractivity contribution in [3.05, 3.63) is 28.8 Å². The van der Waals surface area contributed by atoms with Crippen molar-refractivity contribution in [2.45, 2.75) is 37.8 Å². The van der Waals surface area contributed by atoms with Crippen molar-refractivity contribution in [2.75, 3.05) is 7.05 Å². The van der Waals surface area contributed by atoms with E-state index in [9.17, 15) is 18.0 Å². The number of nitrogens with one attached hydrogen (secondary N) is 2. The second-order valence-electron chi connectivity index (χ2n) is 5.06. The number of hydrogen-bond acceptors (Lipinski definition) is 5. The predicted octanol–water partition coefficient (Wildman–Crippen LogP) is 1.32. The van der Waals surface area contributed by atoms with Crippen molar-refractivity contribution in [3.63, 3.8) is 0 Å². The minimum atomic E-state index is -3.81. The molecule has 23 heavy (non-hydrogen) atoms. The summed E-state index contributed by atoms with van der Waals surface area (Å²) in [6.45, 7) is 4.98. The Bertz CT molecular complexity index is 703. The second kappa shape index (κ2) is 7.76. The van der Waals surface area contributed by atoms with Crippen molar-refractivity contribution in [2.24, 2.45) is 0 Å². The first kappa shape index (κ1) is 19.4. The molecular weight excluding hydrogens is 344 g/mol. The van der Waals surface area contributed by atoms with E-state index in [0.29, 0.717) is 0 Å². The molecule has 1 amide bonds. The normalized spacial score (nSPS) is 12.8. The molecule has 0 aliphatic carbocycles. The molecule has 128 valence electrons. The number of carbonyl (C=O) groups excluding carboxylic acids is 2. The molecule has 1 rings (SSSR count). The molecule has 0 heterocycles. The number of hydrogen-bond donors (Lipinski definition) is 2. The van der Waals surface area contributed by atoms with Gasteiger partial charge in [-0.05, 0) is 46.0 Å². The van der Waals surface area contributed by atoms with Crippen molar-refractivity contribution in [3.8, 4) is 0 Å². The Morgan fingerprint density at radius 2 is 1.83 bits per heavy atom. The van der Waals surface area contributed by atoms with Gasteiger partial charge >= 0.3 is 5.97 Å². The van der Waals surface area contributed by atoms with Crippen LogP contribution >= 0.6 is 11.6 Å². The van der Waals surface area contributed by atoms with Crippen LogP contribution in [0.5, 0.6) is 0 Å².